The first-order chi connectivity index (χ1) is 16.9. The van der Waals surface area contributed by atoms with Gasteiger partial charge in [0.05, 0.1) is 11.3 Å². The topological polar surface area (TPSA) is 79.3 Å². The number of rotatable bonds is 7. The van der Waals surface area contributed by atoms with Gasteiger partial charge in [-0.2, -0.15) is 13.2 Å². The number of urea groups is 1. The van der Waals surface area contributed by atoms with Crippen LogP contribution in [-0.2, 0) is 11.0 Å². The number of hydrogen-bond donors (Lipinski definition) is 2. The predicted octanol–water partition coefficient (Wildman–Crippen LogP) is 5.49. The van der Waals surface area contributed by atoms with Crippen molar-refractivity contribution in [1.29, 1.82) is 0 Å². The summed E-state index contributed by atoms with van der Waals surface area (Å²) in [6.07, 6.45) is -1.34. The van der Waals surface area contributed by atoms with E-state index in [1.54, 1.807) is 6.20 Å². The van der Waals surface area contributed by atoms with Crippen LogP contribution in [0.15, 0.2) is 73.4 Å². The highest BCUT2D eigenvalue weighted by Gasteiger charge is 2.30. The number of alkyl halides is 3. The molecule has 0 saturated heterocycles. The Labute approximate surface area is 207 Å². The Morgan fingerprint density at radius 1 is 1.06 bits per heavy atom. The van der Waals surface area contributed by atoms with Crippen molar-refractivity contribution < 1.29 is 22.8 Å². The lowest BCUT2D eigenvalue weighted by molar-refractivity contribution is -0.137. The van der Waals surface area contributed by atoms with Crippen LogP contribution in [-0.4, -0.2) is 45.0 Å². The Balaban J connectivity index is 1.90. The molecule has 190 valence electrons. The summed E-state index contributed by atoms with van der Waals surface area (Å²) in [5.74, 6) is -0.423. The molecule has 2 N–H and O–H groups in total. The lowest BCUT2D eigenvalue weighted by Crippen LogP contribution is -2.50. The van der Waals surface area contributed by atoms with E-state index in [-0.39, 0.29) is 19.0 Å². The molecule has 0 spiro atoms. The second-order valence-corrected chi connectivity index (χ2v) is 9.13. The molecule has 0 saturated carbocycles. The van der Waals surface area contributed by atoms with Crippen LogP contribution in [0, 0.1) is 0 Å². The van der Waals surface area contributed by atoms with E-state index < -0.39 is 29.2 Å². The van der Waals surface area contributed by atoms with Crippen LogP contribution < -0.4 is 10.6 Å². The molecule has 10 heteroatoms. The fourth-order valence-corrected chi connectivity index (χ4v) is 3.34. The van der Waals surface area contributed by atoms with E-state index in [4.69, 9.17) is 0 Å². The molecule has 3 rings (SSSR count). The van der Waals surface area contributed by atoms with Gasteiger partial charge in [0.1, 0.15) is 6.54 Å². The fraction of sp³-hybridized carbons (Fsp3) is 0.269. The van der Waals surface area contributed by atoms with Gasteiger partial charge in [-0.15, -0.1) is 6.58 Å². The van der Waals surface area contributed by atoms with Gasteiger partial charge in [0.2, 0.25) is 11.9 Å². The summed E-state index contributed by atoms with van der Waals surface area (Å²) >= 11 is 0. The summed E-state index contributed by atoms with van der Waals surface area (Å²) in [4.78, 5) is 31.3. The van der Waals surface area contributed by atoms with E-state index >= 15 is 0 Å². The molecule has 0 aliphatic heterocycles. The molecule has 0 aliphatic carbocycles. The van der Waals surface area contributed by atoms with Crippen LogP contribution in [0.4, 0.5) is 23.9 Å². The van der Waals surface area contributed by atoms with Crippen molar-refractivity contribution in [2.45, 2.75) is 32.5 Å². The normalized spacial score (nSPS) is 11.6. The predicted molar refractivity (Wildman–Crippen MR) is 133 cm³/mol. The standard InChI is InChI=1S/C26H28F3N5O2/c1-5-15-33(24(36)32-25(2,3)4)17-22(35)31-23-30-21(18-9-7-6-8-10-18)16-34(23)20-13-11-19(12-14-20)26(27,28)29/h5-14,16H,1,15,17H2,2-4H3,(H,32,36)(H,30,31,35). The van der Waals surface area contributed by atoms with Gasteiger partial charge < -0.3 is 10.2 Å². The zero-order chi connectivity index (χ0) is 26.5. The summed E-state index contributed by atoms with van der Waals surface area (Å²) in [5, 5.41) is 5.49. The number of anilines is 1. The number of nitrogens with zero attached hydrogens (tertiary/aromatic N) is 3. The highest BCUT2D eigenvalue weighted by Crippen LogP contribution is 2.31. The van der Waals surface area contributed by atoms with Gasteiger partial charge in [0.15, 0.2) is 0 Å². The fourth-order valence-electron chi connectivity index (χ4n) is 3.34. The molecule has 0 bridgehead atoms. The lowest BCUT2D eigenvalue weighted by atomic mass is 10.1. The first-order valence-corrected chi connectivity index (χ1v) is 11.2. The van der Waals surface area contributed by atoms with E-state index in [0.717, 1.165) is 17.7 Å². The van der Waals surface area contributed by atoms with Crippen LogP contribution in [0.1, 0.15) is 26.3 Å². The molecule has 2 aromatic carbocycles. The number of hydrogen-bond acceptors (Lipinski definition) is 3. The average molecular weight is 500 g/mol. The molecule has 1 heterocycles. The van der Waals surface area contributed by atoms with E-state index in [0.29, 0.717) is 11.4 Å². The van der Waals surface area contributed by atoms with Gasteiger partial charge in [-0.3, -0.25) is 14.7 Å². The molecule has 0 fully saturated rings. The summed E-state index contributed by atoms with van der Waals surface area (Å²) in [6.45, 7) is 8.96. The van der Waals surface area contributed by atoms with E-state index in [9.17, 15) is 22.8 Å². The number of halogens is 3. The van der Waals surface area contributed by atoms with Crippen molar-refractivity contribution >= 4 is 17.9 Å². The third kappa shape index (κ3) is 6.97. The van der Waals surface area contributed by atoms with Crippen LogP contribution in [0.3, 0.4) is 0 Å². The Morgan fingerprint density at radius 3 is 2.25 bits per heavy atom. The summed E-state index contributed by atoms with van der Waals surface area (Å²) in [7, 11) is 0. The van der Waals surface area contributed by atoms with E-state index in [1.807, 2.05) is 51.1 Å². The second kappa shape index (κ2) is 10.7. The minimum atomic E-state index is -4.47. The second-order valence-electron chi connectivity index (χ2n) is 9.13. The molecular weight excluding hydrogens is 471 g/mol. The quantitative estimate of drug-likeness (QED) is 0.422. The molecule has 36 heavy (non-hydrogen) atoms. The van der Waals surface area contributed by atoms with E-state index in [1.165, 1.54) is 27.7 Å². The summed E-state index contributed by atoms with van der Waals surface area (Å²) in [6, 6.07) is 13.2. The molecule has 0 atom stereocenters. The highest BCUT2D eigenvalue weighted by molar-refractivity contribution is 5.93. The lowest BCUT2D eigenvalue weighted by Gasteiger charge is -2.27. The van der Waals surface area contributed by atoms with Gasteiger partial charge in [-0.25, -0.2) is 9.78 Å². The maximum Gasteiger partial charge on any atom is 0.416 e. The van der Waals surface area contributed by atoms with Crippen molar-refractivity contribution in [3.05, 3.63) is 79.0 Å². The minimum absolute atomic E-state index is 0.105. The third-order valence-electron chi connectivity index (χ3n) is 4.95. The number of carbonyl (C=O) groups is 2. The zero-order valence-corrected chi connectivity index (χ0v) is 20.3. The van der Waals surface area contributed by atoms with Crippen LogP contribution in [0.2, 0.25) is 0 Å². The SMILES string of the molecule is C=CCN(CC(=O)Nc1nc(-c2ccccc2)cn1-c1ccc(C(F)(F)F)cc1)C(=O)NC(C)(C)C. The van der Waals surface area contributed by atoms with Crippen LogP contribution in [0.5, 0.6) is 0 Å². The van der Waals surface area contributed by atoms with Gasteiger partial charge in [0.25, 0.3) is 0 Å². The molecule has 1 aromatic heterocycles. The third-order valence-corrected chi connectivity index (χ3v) is 4.95. The Hall–Kier alpha value is -4.08. The van der Waals surface area contributed by atoms with Crippen LogP contribution >= 0.6 is 0 Å². The molecule has 0 aliphatic rings. The van der Waals surface area contributed by atoms with E-state index in [2.05, 4.69) is 22.2 Å². The maximum atomic E-state index is 13.0. The maximum absolute atomic E-state index is 13.0. The Bertz CT molecular complexity index is 1210. The Kier molecular flexibility index (Phi) is 7.87. The number of carbonyl (C=O) groups excluding carboxylic acids is 2. The molecule has 3 aromatic rings. The summed E-state index contributed by atoms with van der Waals surface area (Å²) in [5.41, 5.74) is 0.360. The van der Waals surface area contributed by atoms with Gasteiger partial charge in [-0.1, -0.05) is 36.4 Å². The van der Waals surface area contributed by atoms with Crippen molar-refractivity contribution in [2.75, 3.05) is 18.4 Å². The molecular formula is C26H28F3N5O2. The first-order valence-electron chi connectivity index (χ1n) is 11.2. The van der Waals surface area contributed by atoms with Crippen molar-refractivity contribution in [3.8, 4) is 16.9 Å². The minimum Gasteiger partial charge on any atom is -0.333 e. The monoisotopic (exact) mass is 499 g/mol. The number of imidazole rings is 1. The molecule has 0 radical (unpaired) electrons. The molecule has 7 nitrogen and oxygen atoms in total. The Morgan fingerprint density at radius 2 is 1.69 bits per heavy atom. The highest BCUT2D eigenvalue weighted by atomic mass is 19.4. The summed E-state index contributed by atoms with van der Waals surface area (Å²) < 4.78 is 40.6. The largest absolute Gasteiger partial charge is 0.416 e. The van der Waals surface area contributed by atoms with Gasteiger partial charge >= 0.3 is 12.2 Å². The van der Waals surface area contributed by atoms with Gasteiger partial charge in [0, 0.05) is 29.5 Å². The zero-order valence-electron chi connectivity index (χ0n) is 20.3. The van der Waals surface area contributed by atoms with Gasteiger partial charge in [-0.05, 0) is 45.0 Å². The van der Waals surface area contributed by atoms with Crippen LogP contribution in [0.25, 0.3) is 16.9 Å². The number of aromatic nitrogens is 2. The van der Waals surface area contributed by atoms with Crippen molar-refractivity contribution in [2.24, 2.45) is 0 Å². The smallest absolute Gasteiger partial charge is 0.333 e. The first kappa shape index (κ1) is 26.5. The number of benzene rings is 2. The van der Waals surface area contributed by atoms with Crippen molar-refractivity contribution in [3.63, 3.8) is 0 Å². The number of amides is 3. The number of nitrogens with one attached hydrogen (secondary N) is 2. The average Bonchev–Trinajstić information content (AvgIpc) is 3.21. The van der Waals surface area contributed by atoms with Crippen molar-refractivity contribution in [1.82, 2.24) is 19.8 Å². The molecule has 0 unspecified atom stereocenters. The molecule has 3 amide bonds.